The van der Waals surface area contributed by atoms with E-state index in [4.69, 9.17) is 9.47 Å². The summed E-state index contributed by atoms with van der Waals surface area (Å²) >= 11 is 0. The van der Waals surface area contributed by atoms with Gasteiger partial charge in [0.2, 0.25) is 5.91 Å². The van der Waals surface area contributed by atoms with Crippen LogP contribution in [-0.4, -0.2) is 58.1 Å². The maximum absolute atomic E-state index is 14.2. The fourth-order valence-corrected chi connectivity index (χ4v) is 5.18. The van der Waals surface area contributed by atoms with E-state index in [1.807, 2.05) is 13.8 Å². The van der Waals surface area contributed by atoms with Crippen molar-refractivity contribution >= 4 is 33.6 Å². The van der Waals surface area contributed by atoms with Crippen LogP contribution in [0.4, 0.5) is 4.79 Å². The number of carbonyl (C=O) groups is 4. The average Bonchev–Trinajstić information content (AvgIpc) is 2.87. The third-order valence-electron chi connectivity index (χ3n) is 5.95. The minimum absolute atomic E-state index is 0.0200. The van der Waals surface area contributed by atoms with Crippen LogP contribution in [0, 0.1) is 11.8 Å². The maximum atomic E-state index is 14.2. The van der Waals surface area contributed by atoms with Crippen LogP contribution in [-0.2, 0) is 33.6 Å². The number of esters is 1. The van der Waals surface area contributed by atoms with Crippen molar-refractivity contribution in [2.75, 3.05) is 12.4 Å². The minimum Gasteiger partial charge on any atom is -0.460 e. The lowest BCUT2D eigenvalue weighted by atomic mass is 9.99. The number of hydrogen-bond donors (Lipinski definition) is 2. The predicted molar refractivity (Wildman–Crippen MR) is 150 cm³/mol. The Bertz CT molecular complexity index is 1120. The molecule has 0 bridgehead atoms. The van der Waals surface area contributed by atoms with E-state index in [0.717, 1.165) is 0 Å². The Labute approximate surface area is 232 Å². The first-order chi connectivity index (χ1) is 18.2. The predicted octanol–water partition coefficient (Wildman–Crippen LogP) is 4.24. The number of nitrogens with zero attached hydrogens (tertiary/aromatic N) is 1. The highest BCUT2D eigenvalue weighted by atomic mass is 32.2. The Morgan fingerprint density at radius 1 is 1.00 bits per heavy atom. The Balaban J connectivity index is 3.41. The van der Waals surface area contributed by atoms with E-state index in [1.54, 1.807) is 52.8 Å². The van der Waals surface area contributed by atoms with Crippen LogP contribution in [0.2, 0.25) is 0 Å². The molecule has 5 atom stereocenters. The van der Waals surface area contributed by atoms with Crippen molar-refractivity contribution in [2.24, 2.45) is 16.2 Å². The van der Waals surface area contributed by atoms with Crippen LogP contribution < -0.4 is 10.6 Å². The number of hydrogen-bond acceptors (Lipinski definition) is 7. The molecule has 1 rings (SSSR count). The van der Waals surface area contributed by atoms with Crippen molar-refractivity contribution in [3.63, 3.8) is 0 Å². The zero-order chi connectivity index (χ0) is 29.8. The molecule has 0 radical (unpaired) electrons. The van der Waals surface area contributed by atoms with Crippen molar-refractivity contribution in [1.29, 1.82) is 0 Å². The Kier molecular flexibility index (Phi) is 13.4. The van der Waals surface area contributed by atoms with Crippen molar-refractivity contribution < 1.29 is 32.9 Å². The first-order valence-corrected chi connectivity index (χ1v) is 14.8. The largest absolute Gasteiger partial charge is 0.460 e. The van der Waals surface area contributed by atoms with E-state index in [1.165, 1.54) is 18.2 Å². The van der Waals surface area contributed by atoms with Gasteiger partial charge in [0.15, 0.2) is 0 Å². The van der Waals surface area contributed by atoms with Gasteiger partial charge in [-0.05, 0) is 44.7 Å². The van der Waals surface area contributed by atoms with E-state index in [9.17, 15) is 23.4 Å². The van der Waals surface area contributed by atoms with Gasteiger partial charge < -0.3 is 20.1 Å². The molecular formula is C28H43N3O7S. The number of ether oxygens (including phenoxy) is 2. The number of rotatable bonds is 13. The Morgan fingerprint density at radius 2 is 1.56 bits per heavy atom. The quantitative estimate of drug-likeness (QED) is 0.269. The second-order valence-electron chi connectivity index (χ2n) is 10.4. The highest BCUT2D eigenvalue weighted by molar-refractivity contribution is 7.94. The lowest BCUT2D eigenvalue weighted by Crippen LogP contribution is -2.48. The summed E-state index contributed by atoms with van der Waals surface area (Å²) < 4.78 is 28.6. The SMILES string of the molecule is C=CCOC(=O)[C@@H](NC(=O)CS(=O)(=NC(=O)[C@@H](NC(=O)OC(C)(C)C)[C@@H](C)CC)c1ccccc1)[C@@H](C)CC. The van der Waals surface area contributed by atoms with Crippen LogP contribution in [0.3, 0.4) is 0 Å². The molecule has 3 amide bonds. The molecule has 1 aromatic rings. The van der Waals surface area contributed by atoms with Crippen molar-refractivity contribution in [1.82, 2.24) is 10.6 Å². The smallest absolute Gasteiger partial charge is 0.408 e. The number of amides is 3. The van der Waals surface area contributed by atoms with E-state index in [-0.39, 0.29) is 23.3 Å². The summed E-state index contributed by atoms with van der Waals surface area (Å²) in [5, 5.41) is 5.15. The van der Waals surface area contributed by atoms with Crippen molar-refractivity contribution in [3.8, 4) is 0 Å². The lowest BCUT2D eigenvalue weighted by Gasteiger charge is -2.25. The van der Waals surface area contributed by atoms with E-state index in [0.29, 0.717) is 12.8 Å². The normalized spacial score (nSPS) is 15.9. The van der Waals surface area contributed by atoms with E-state index < -0.39 is 57.0 Å². The van der Waals surface area contributed by atoms with Gasteiger partial charge in [-0.3, -0.25) is 9.59 Å². The molecule has 0 fully saturated rings. The van der Waals surface area contributed by atoms with Gasteiger partial charge >= 0.3 is 12.1 Å². The van der Waals surface area contributed by atoms with Crippen LogP contribution in [0.15, 0.2) is 52.2 Å². The molecule has 0 saturated carbocycles. The number of nitrogens with one attached hydrogen (secondary N) is 2. The molecule has 0 aliphatic heterocycles. The van der Waals surface area contributed by atoms with Gasteiger partial charge in [-0.2, -0.15) is 4.36 Å². The van der Waals surface area contributed by atoms with Gasteiger partial charge in [0, 0.05) is 4.90 Å². The highest BCUT2D eigenvalue weighted by Crippen LogP contribution is 2.19. The molecule has 0 aromatic heterocycles. The Hall–Kier alpha value is -3.21. The van der Waals surface area contributed by atoms with Gasteiger partial charge in [-0.1, -0.05) is 71.4 Å². The number of alkyl carbamates (subject to hydrolysis) is 1. The summed E-state index contributed by atoms with van der Waals surface area (Å²) in [5.41, 5.74) is -0.793. The Morgan fingerprint density at radius 3 is 2.08 bits per heavy atom. The topological polar surface area (TPSA) is 140 Å². The first kappa shape index (κ1) is 33.8. The van der Waals surface area contributed by atoms with Gasteiger partial charge in [0.25, 0.3) is 5.91 Å². The van der Waals surface area contributed by atoms with Crippen LogP contribution >= 0.6 is 0 Å². The maximum Gasteiger partial charge on any atom is 0.408 e. The van der Waals surface area contributed by atoms with Crippen LogP contribution in [0.5, 0.6) is 0 Å². The fraction of sp³-hybridized carbons (Fsp3) is 0.571. The molecule has 10 nitrogen and oxygen atoms in total. The summed E-state index contributed by atoms with van der Waals surface area (Å²) in [6.45, 7) is 15.8. The van der Waals surface area contributed by atoms with E-state index in [2.05, 4.69) is 21.6 Å². The molecule has 0 saturated heterocycles. The van der Waals surface area contributed by atoms with Gasteiger partial charge in [0.05, 0.1) is 9.73 Å². The molecule has 2 N–H and O–H groups in total. The molecule has 39 heavy (non-hydrogen) atoms. The summed E-state index contributed by atoms with van der Waals surface area (Å²) in [4.78, 5) is 51.7. The van der Waals surface area contributed by atoms with Gasteiger partial charge in [-0.15, -0.1) is 0 Å². The highest BCUT2D eigenvalue weighted by Gasteiger charge is 2.32. The summed E-state index contributed by atoms with van der Waals surface area (Å²) in [6.07, 6.45) is 1.68. The third kappa shape index (κ3) is 11.2. The molecule has 0 heterocycles. The molecular weight excluding hydrogens is 522 g/mol. The summed E-state index contributed by atoms with van der Waals surface area (Å²) in [5.74, 6) is -3.54. The van der Waals surface area contributed by atoms with Gasteiger partial charge in [-0.25, -0.2) is 13.8 Å². The molecule has 218 valence electrons. The molecule has 0 aliphatic rings. The number of benzene rings is 1. The number of carbonyl (C=O) groups excluding carboxylic acids is 4. The molecule has 1 aromatic carbocycles. The zero-order valence-electron chi connectivity index (χ0n) is 24.0. The second-order valence-corrected chi connectivity index (χ2v) is 12.6. The summed E-state index contributed by atoms with van der Waals surface area (Å²) in [6, 6.07) is 5.84. The van der Waals surface area contributed by atoms with Gasteiger partial charge in [0.1, 0.15) is 30.0 Å². The lowest BCUT2D eigenvalue weighted by molar-refractivity contribution is -0.148. The molecule has 1 unspecified atom stereocenters. The fourth-order valence-electron chi connectivity index (χ4n) is 3.41. The standard InChI is InChI=1S/C28H43N3O7S/c1-9-17-37-26(34)24(20(5)11-3)29-22(32)18-39(36,21-15-13-12-14-16-21)31-25(33)23(19(4)10-2)30-27(35)38-28(6,7)8/h9,12-16,19-20,23-24H,1,10-11,17-18H2,2-8H3,(H,29,32)(H,30,35)/t19-,20-,23-,24-,39?/m0/s1. The summed E-state index contributed by atoms with van der Waals surface area (Å²) in [7, 11) is -3.64. The second kappa shape index (κ2) is 15.4. The first-order valence-electron chi connectivity index (χ1n) is 13.1. The average molecular weight is 566 g/mol. The zero-order valence-corrected chi connectivity index (χ0v) is 24.8. The molecule has 0 aliphatic carbocycles. The van der Waals surface area contributed by atoms with Crippen molar-refractivity contribution in [2.45, 2.75) is 83.9 Å². The minimum atomic E-state index is -3.64. The molecule has 11 heteroatoms. The van der Waals surface area contributed by atoms with Crippen LogP contribution in [0.25, 0.3) is 0 Å². The monoisotopic (exact) mass is 565 g/mol. The third-order valence-corrected chi connectivity index (χ3v) is 8.09. The van der Waals surface area contributed by atoms with Crippen LogP contribution in [0.1, 0.15) is 61.3 Å². The van der Waals surface area contributed by atoms with Crippen molar-refractivity contribution in [3.05, 3.63) is 43.0 Å². The van der Waals surface area contributed by atoms with E-state index >= 15 is 0 Å². The molecule has 0 spiro atoms.